The summed E-state index contributed by atoms with van der Waals surface area (Å²) in [4.78, 5) is 39.2. The molecular weight excluding hydrogens is 603 g/mol. The zero-order chi connectivity index (χ0) is 32.1. The van der Waals surface area contributed by atoms with Crippen molar-refractivity contribution in [2.75, 3.05) is 52.4 Å². The van der Waals surface area contributed by atoms with Crippen LogP contribution in [0.4, 0.5) is 10.3 Å². The highest BCUT2D eigenvalue weighted by Crippen LogP contribution is 2.33. The van der Waals surface area contributed by atoms with Crippen LogP contribution in [0.15, 0.2) is 42.6 Å². The smallest absolute Gasteiger partial charge is 0.255 e. The Hall–Kier alpha value is -3.84. The SMILES string of the molecule is C[C@H](C(=O)N[C@H](CO)c1cc(F)cc(OCCN(C)C)c1)N1Cc2ccc(-c3nc(NC4CCOCC4)ncc3Cl)cc2C1=O. The van der Waals surface area contributed by atoms with Gasteiger partial charge in [0.25, 0.3) is 5.91 Å². The molecule has 1 aromatic heterocycles. The Labute approximate surface area is 266 Å². The summed E-state index contributed by atoms with van der Waals surface area (Å²) in [5.41, 5.74) is 2.71. The lowest BCUT2D eigenvalue weighted by Gasteiger charge is -2.26. The Morgan fingerprint density at radius 1 is 1.24 bits per heavy atom. The molecule has 3 N–H and O–H groups in total. The molecule has 5 rings (SSSR count). The summed E-state index contributed by atoms with van der Waals surface area (Å²) in [6.45, 7) is 3.71. The van der Waals surface area contributed by atoms with Crippen LogP contribution in [0.25, 0.3) is 11.3 Å². The Bertz CT molecular complexity index is 1540. The summed E-state index contributed by atoms with van der Waals surface area (Å²) >= 11 is 6.48. The molecule has 0 spiro atoms. The summed E-state index contributed by atoms with van der Waals surface area (Å²) in [5.74, 6) is -0.613. The van der Waals surface area contributed by atoms with Gasteiger partial charge < -0.3 is 35.0 Å². The van der Waals surface area contributed by atoms with Gasteiger partial charge in [0, 0.05) is 49.5 Å². The number of hydrogen-bond donors (Lipinski definition) is 3. The van der Waals surface area contributed by atoms with Gasteiger partial charge in [0.15, 0.2) is 0 Å². The van der Waals surface area contributed by atoms with E-state index in [1.54, 1.807) is 19.1 Å². The number of hydrogen-bond acceptors (Lipinski definition) is 9. The zero-order valence-electron chi connectivity index (χ0n) is 25.6. The van der Waals surface area contributed by atoms with Crippen LogP contribution in [0.2, 0.25) is 5.02 Å². The number of amides is 2. The summed E-state index contributed by atoms with van der Waals surface area (Å²) in [6, 6.07) is 7.92. The standard InChI is InChI=1S/C32H38ClFN6O5/c1-19(30(42)37-28(18-41)22-12-23(34)15-25(13-22)45-11-8-39(2)3)40-17-21-5-4-20(14-26(21)31(40)43)29-27(33)16-35-32(38-29)36-24-6-9-44-10-7-24/h4-5,12-16,19,24,28,41H,6-11,17-18H2,1-3H3,(H,37,42)(H,35,36,38)/t19-,28-/m1/s1. The highest BCUT2D eigenvalue weighted by atomic mass is 35.5. The number of nitrogens with one attached hydrogen (secondary N) is 2. The molecule has 13 heteroatoms. The normalized spacial score (nSPS) is 16.4. The fourth-order valence-electron chi connectivity index (χ4n) is 5.33. The van der Waals surface area contributed by atoms with Crippen LogP contribution in [0.1, 0.15) is 47.3 Å². The molecular formula is C32H38ClFN6O5. The summed E-state index contributed by atoms with van der Waals surface area (Å²) < 4.78 is 25.5. The molecule has 2 aliphatic rings. The maximum Gasteiger partial charge on any atom is 0.255 e. The van der Waals surface area contributed by atoms with Crippen LogP contribution in [0.3, 0.4) is 0 Å². The number of benzene rings is 2. The summed E-state index contributed by atoms with van der Waals surface area (Å²) in [7, 11) is 3.80. The van der Waals surface area contributed by atoms with Crippen LogP contribution < -0.4 is 15.4 Å². The first-order valence-corrected chi connectivity index (χ1v) is 15.3. The number of aliphatic hydroxyl groups excluding tert-OH is 1. The fraction of sp³-hybridized carbons (Fsp3) is 0.438. The molecule has 1 saturated heterocycles. The van der Waals surface area contributed by atoms with Crippen molar-refractivity contribution in [3.8, 4) is 17.0 Å². The number of fused-ring (bicyclic) bond motifs is 1. The van der Waals surface area contributed by atoms with Gasteiger partial charge in [-0.3, -0.25) is 9.59 Å². The third kappa shape index (κ3) is 7.88. The van der Waals surface area contributed by atoms with Gasteiger partial charge in [-0.25, -0.2) is 14.4 Å². The maximum atomic E-state index is 14.4. The van der Waals surface area contributed by atoms with Crippen molar-refractivity contribution < 1.29 is 28.6 Å². The van der Waals surface area contributed by atoms with E-state index in [-0.39, 0.29) is 18.5 Å². The molecule has 0 saturated carbocycles. The van der Waals surface area contributed by atoms with Crippen molar-refractivity contribution in [1.29, 1.82) is 0 Å². The predicted octanol–water partition coefficient (Wildman–Crippen LogP) is 3.66. The number of aliphatic hydroxyl groups is 1. The van der Waals surface area contributed by atoms with Crippen LogP contribution in [0.5, 0.6) is 5.75 Å². The summed E-state index contributed by atoms with van der Waals surface area (Å²) in [6.07, 6.45) is 3.24. The Balaban J connectivity index is 1.27. The fourth-order valence-corrected chi connectivity index (χ4v) is 5.53. The molecule has 45 heavy (non-hydrogen) atoms. The van der Waals surface area contributed by atoms with E-state index < -0.39 is 30.4 Å². The van der Waals surface area contributed by atoms with Crippen molar-refractivity contribution in [3.05, 3.63) is 70.1 Å². The average molecular weight is 641 g/mol. The van der Waals surface area contributed by atoms with E-state index in [0.717, 1.165) is 18.4 Å². The third-order valence-electron chi connectivity index (χ3n) is 7.96. The molecule has 11 nitrogen and oxygen atoms in total. The molecule has 0 unspecified atom stereocenters. The molecule has 2 atom stereocenters. The minimum absolute atomic E-state index is 0.199. The zero-order valence-corrected chi connectivity index (χ0v) is 26.3. The quantitative estimate of drug-likeness (QED) is 0.272. The summed E-state index contributed by atoms with van der Waals surface area (Å²) in [5, 5.41) is 16.5. The third-order valence-corrected chi connectivity index (χ3v) is 8.24. The molecule has 0 bridgehead atoms. The molecule has 2 amide bonds. The maximum absolute atomic E-state index is 14.4. The topological polar surface area (TPSA) is 129 Å². The number of aromatic nitrogens is 2. The number of carbonyl (C=O) groups excluding carboxylic acids is 2. The van der Waals surface area contributed by atoms with Gasteiger partial charge in [-0.15, -0.1) is 0 Å². The highest BCUT2D eigenvalue weighted by Gasteiger charge is 2.35. The first-order chi connectivity index (χ1) is 21.6. The van der Waals surface area contributed by atoms with Crippen molar-refractivity contribution in [2.45, 2.75) is 44.4 Å². The van der Waals surface area contributed by atoms with Gasteiger partial charge in [-0.1, -0.05) is 23.7 Å². The molecule has 2 aromatic carbocycles. The van der Waals surface area contributed by atoms with Crippen LogP contribution in [-0.2, 0) is 16.1 Å². The Morgan fingerprint density at radius 2 is 2.02 bits per heavy atom. The van der Waals surface area contributed by atoms with E-state index in [1.165, 1.54) is 23.2 Å². The van der Waals surface area contributed by atoms with Crippen molar-refractivity contribution >= 4 is 29.4 Å². The molecule has 3 heterocycles. The predicted molar refractivity (Wildman–Crippen MR) is 168 cm³/mol. The minimum atomic E-state index is -0.901. The molecule has 3 aromatic rings. The molecule has 240 valence electrons. The van der Waals surface area contributed by atoms with Gasteiger partial charge in [0.1, 0.15) is 24.2 Å². The first-order valence-electron chi connectivity index (χ1n) is 14.9. The second kappa shape index (κ2) is 14.5. The number of rotatable bonds is 12. The Morgan fingerprint density at radius 3 is 2.76 bits per heavy atom. The van der Waals surface area contributed by atoms with E-state index in [2.05, 4.69) is 20.6 Å². The molecule has 0 aliphatic carbocycles. The van der Waals surface area contributed by atoms with Crippen molar-refractivity contribution in [3.63, 3.8) is 0 Å². The first kappa shape index (κ1) is 32.6. The van der Waals surface area contributed by atoms with Gasteiger partial charge >= 0.3 is 0 Å². The van der Waals surface area contributed by atoms with Gasteiger partial charge in [0.2, 0.25) is 11.9 Å². The number of nitrogens with zero attached hydrogens (tertiary/aromatic N) is 4. The van der Waals surface area contributed by atoms with Crippen LogP contribution in [-0.4, -0.2) is 95.8 Å². The monoisotopic (exact) mass is 640 g/mol. The van der Waals surface area contributed by atoms with Crippen LogP contribution >= 0.6 is 11.6 Å². The number of ether oxygens (including phenoxy) is 2. The van der Waals surface area contributed by atoms with Crippen molar-refractivity contribution in [1.82, 2.24) is 25.1 Å². The van der Waals surface area contributed by atoms with Gasteiger partial charge in [-0.05, 0) is 63.2 Å². The van der Waals surface area contributed by atoms with E-state index in [1.807, 2.05) is 31.1 Å². The highest BCUT2D eigenvalue weighted by molar-refractivity contribution is 6.33. The van der Waals surface area contributed by atoms with Crippen molar-refractivity contribution in [2.24, 2.45) is 0 Å². The average Bonchev–Trinajstić information content (AvgIpc) is 3.35. The van der Waals surface area contributed by atoms with E-state index >= 15 is 0 Å². The molecule has 2 aliphatic heterocycles. The lowest BCUT2D eigenvalue weighted by molar-refractivity contribution is -0.126. The lowest BCUT2D eigenvalue weighted by Crippen LogP contribution is -2.46. The van der Waals surface area contributed by atoms with E-state index in [4.69, 9.17) is 21.1 Å². The Kier molecular flexibility index (Phi) is 10.5. The second-order valence-electron chi connectivity index (χ2n) is 11.5. The number of anilines is 1. The molecule has 0 radical (unpaired) electrons. The van der Waals surface area contributed by atoms with Gasteiger partial charge in [0.05, 0.1) is 29.6 Å². The largest absolute Gasteiger partial charge is 0.492 e. The van der Waals surface area contributed by atoms with E-state index in [0.29, 0.717) is 65.5 Å². The van der Waals surface area contributed by atoms with E-state index in [9.17, 15) is 19.1 Å². The minimum Gasteiger partial charge on any atom is -0.492 e. The molecule has 1 fully saturated rings. The van der Waals surface area contributed by atoms with Crippen LogP contribution in [0, 0.1) is 5.82 Å². The number of carbonyl (C=O) groups is 2. The van der Waals surface area contributed by atoms with Gasteiger partial charge in [-0.2, -0.15) is 0 Å². The second-order valence-corrected chi connectivity index (χ2v) is 11.9. The number of halogens is 2. The number of likely N-dealkylation sites (N-methyl/N-ethyl adjacent to an activating group) is 1. The lowest BCUT2D eigenvalue weighted by atomic mass is 10.0.